The summed E-state index contributed by atoms with van der Waals surface area (Å²) in [4.78, 5) is 14.9. The van der Waals surface area contributed by atoms with E-state index in [2.05, 4.69) is 103 Å². The first-order valence-corrected chi connectivity index (χ1v) is 18.2. The quantitative estimate of drug-likeness (QED) is 0.182. The van der Waals surface area contributed by atoms with Crippen LogP contribution in [0.1, 0.15) is 0 Å². The molecule has 3 nitrogen and oxygen atoms in total. The molecule has 0 saturated heterocycles. The van der Waals surface area contributed by atoms with Crippen molar-refractivity contribution in [1.29, 1.82) is 0 Å². The van der Waals surface area contributed by atoms with Crippen molar-refractivity contribution in [2.75, 3.05) is 0 Å². The zero-order valence-electron chi connectivity index (χ0n) is 26.7. The van der Waals surface area contributed by atoms with Crippen LogP contribution in [0.2, 0.25) is 0 Å². The number of hydrogen-bond donors (Lipinski definition) is 0. The van der Waals surface area contributed by atoms with Crippen LogP contribution in [-0.2, 0) is 0 Å². The molecule has 10 aromatic rings. The van der Waals surface area contributed by atoms with E-state index in [-0.39, 0.29) is 0 Å². The first-order chi connectivity index (χ1) is 24.8. The Balaban J connectivity index is 1.18. The molecule has 3 aromatic heterocycles. The van der Waals surface area contributed by atoms with Gasteiger partial charge in [0.25, 0.3) is 0 Å². The van der Waals surface area contributed by atoms with Crippen LogP contribution < -0.4 is 0 Å². The van der Waals surface area contributed by atoms with Gasteiger partial charge in [-0.05, 0) is 41.0 Å². The topological polar surface area (TPSA) is 38.7 Å². The van der Waals surface area contributed by atoms with E-state index in [9.17, 15) is 0 Å². The van der Waals surface area contributed by atoms with Crippen LogP contribution in [0.15, 0.2) is 164 Å². The second-order valence-corrected chi connectivity index (χ2v) is 14.5. The van der Waals surface area contributed by atoms with Gasteiger partial charge in [-0.2, -0.15) is 0 Å². The number of nitrogens with zero attached hydrogens (tertiary/aromatic N) is 3. The molecule has 0 unspecified atom stereocenters. The second kappa shape index (κ2) is 11.8. The lowest BCUT2D eigenvalue weighted by atomic mass is 9.94. The molecule has 0 bridgehead atoms. The lowest BCUT2D eigenvalue weighted by molar-refractivity contribution is 1.07. The van der Waals surface area contributed by atoms with Gasteiger partial charge in [0.2, 0.25) is 0 Å². The van der Waals surface area contributed by atoms with Crippen molar-refractivity contribution < 1.29 is 0 Å². The van der Waals surface area contributed by atoms with E-state index in [0.29, 0.717) is 17.5 Å². The van der Waals surface area contributed by atoms with Gasteiger partial charge >= 0.3 is 0 Å². The maximum Gasteiger partial charge on any atom is 0.164 e. The SMILES string of the molecule is c1ccc(-c2cc(-c3cccc4c3sc3cc(-c5nc(-c6ccccc6)nc(-c6ccccc6)n5)ccc34)c3c(c2)sc2ccccc23)cc1. The van der Waals surface area contributed by atoms with Crippen molar-refractivity contribution in [2.45, 2.75) is 0 Å². The molecule has 0 spiro atoms. The van der Waals surface area contributed by atoms with E-state index in [1.54, 1.807) is 0 Å². The number of thiophene rings is 2. The van der Waals surface area contributed by atoms with Crippen molar-refractivity contribution in [2.24, 2.45) is 0 Å². The van der Waals surface area contributed by atoms with E-state index >= 15 is 0 Å². The Kier molecular flexibility index (Phi) is 6.86. The minimum absolute atomic E-state index is 0.665. The smallest absolute Gasteiger partial charge is 0.164 e. The summed E-state index contributed by atoms with van der Waals surface area (Å²) in [7, 11) is 0. The molecule has 0 aliphatic carbocycles. The van der Waals surface area contributed by atoms with Crippen molar-refractivity contribution in [3.8, 4) is 56.4 Å². The number of benzene rings is 7. The third kappa shape index (κ3) is 4.90. The maximum absolute atomic E-state index is 5.00. The van der Waals surface area contributed by atoms with E-state index in [1.165, 1.54) is 62.6 Å². The van der Waals surface area contributed by atoms with Crippen molar-refractivity contribution in [1.82, 2.24) is 15.0 Å². The molecule has 0 fully saturated rings. The molecule has 10 rings (SSSR count). The largest absolute Gasteiger partial charge is 0.208 e. The predicted molar refractivity (Wildman–Crippen MR) is 213 cm³/mol. The summed E-state index contributed by atoms with van der Waals surface area (Å²) in [5, 5.41) is 5.13. The lowest BCUT2D eigenvalue weighted by Gasteiger charge is -2.10. The van der Waals surface area contributed by atoms with Crippen LogP contribution in [0.25, 0.3) is 96.8 Å². The highest BCUT2D eigenvalue weighted by Crippen LogP contribution is 2.47. The van der Waals surface area contributed by atoms with Gasteiger partial charge in [0.1, 0.15) is 0 Å². The van der Waals surface area contributed by atoms with Gasteiger partial charge in [-0.15, -0.1) is 22.7 Å². The predicted octanol–water partition coefficient (Wildman–Crippen LogP) is 12.9. The van der Waals surface area contributed by atoms with Crippen LogP contribution >= 0.6 is 22.7 Å². The molecule has 0 aliphatic rings. The Morgan fingerprint density at radius 1 is 0.320 bits per heavy atom. The van der Waals surface area contributed by atoms with E-state index in [1.807, 2.05) is 83.3 Å². The van der Waals surface area contributed by atoms with E-state index in [0.717, 1.165) is 16.7 Å². The number of hydrogen-bond acceptors (Lipinski definition) is 5. The molecular formula is C45H27N3S2. The van der Waals surface area contributed by atoms with Crippen molar-refractivity contribution >= 4 is 63.0 Å². The average molecular weight is 674 g/mol. The molecule has 0 amide bonds. The Hall–Kier alpha value is -6.01. The highest BCUT2D eigenvalue weighted by atomic mass is 32.1. The van der Waals surface area contributed by atoms with Crippen LogP contribution in [0.3, 0.4) is 0 Å². The zero-order valence-corrected chi connectivity index (χ0v) is 28.4. The molecule has 0 radical (unpaired) electrons. The fourth-order valence-corrected chi connectivity index (χ4v) is 9.39. The average Bonchev–Trinajstić information content (AvgIpc) is 3.76. The molecule has 0 N–H and O–H groups in total. The first-order valence-electron chi connectivity index (χ1n) is 16.6. The summed E-state index contributed by atoms with van der Waals surface area (Å²) in [5.74, 6) is 2.00. The molecule has 7 aromatic carbocycles. The third-order valence-electron chi connectivity index (χ3n) is 9.33. The number of rotatable bonds is 5. The van der Waals surface area contributed by atoms with Gasteiger partial charge in [0.05, 0.1) is 0 Å². The molecular weight excluding hydrogens is 647 g/mol. The summed E-state index contributed by atoms with van der Waals surface area (Å²) in [6, 6.07) is 57.9. The van der Waals surface area contributed by atoms with Gasteiger partial charge in [-0.25, -0.2) is 15.0 Å². The molecule has 5 heteroatoms. The van der Waals surface area contributed by atoms with Crippen LogP contribution in [0.4, 0.5) is 0 Å². The summed E-state index contributed by atoms with van der Waals surface area (Å²) >= 11 is 3.72. The fraction of sp³-hybridized carbons (Fsp3) is 0. The molecule has 0 saturated carbocycles. The summed E-state index contributed by atoms with van der Waals surface area (Å²) in [6.07, 6.45) is 0. The molecule has 50 heavy (non-hydrogen) atoms. The van der Waals surface area contributed by atoms with Gasteiger partial charge in [-0.1, -0.05) is 140 Å². The van der Waals surface area contributed by atoms with Crippen molar-refractivity contribution in [3.05, 3.63) is 164 Å². The Morgan fingerprint density at radius 3 is 1.60 bits per heavy atom. The standard InChI is InChI=1S/C45H27N3S2/c1-4-13-28(14-5-1)32-25-37(41-36-19-10-11-22-38(36)49-40(41)27-32)35-21-12-20-34-33-24-23-31(26-39(33)50-42(34)35)45-47-43(29-15-6-2-7-16-29)46-44(48-45)30-17-8-3-9-18-30/h1-27H. The molecule has 0 atom stereocenters. The Morgan fingerprint density at radius 2 is 0.900 bits per heavy atom. The van der Waals surface area contributed by atoms with Gasteiger partial charge in [0.15, 0.2) is 17.5 Å². The number of fused-ring (bicyclic) bond motifs is 6. The molecule has 0 aliphatic heterocycles. The molecule has 3 heterocycles. The second-order valence-electron chi connectivity index (χ2n) is 12.4. The highest BCUT2D eigenvalue weighted by molar-refractivity contribution is 7.27. The Labute approximate surface area is 296 Å². The maximum atomic E-state index is 5.00. The number of aromatic nitrogens is 3. The normalized spacial score (nSPS) is 11.6. The monoisotopic (exact) mass is 673 g/mol. The lowest BCUT2D eigenvalue weighted by Crippen LogP contribution is -1.99. The van der Waals surface area contributed by atoms with E-state index < -0.39 is 0 Å². The first kappa shape index (κ1) is 29.0. The summed E-state index contributed by atoms with van der Waals surface area (Å²) in [5.41, 5.74) is 7.89. The fourth-order valence-electron chi connectivity index (χ4n) is 6.95. The van der Waals surface area contributed by atoms with Gasteiger partial charge in [-0.3, -0.25) is 0 Å². The van der Waals surface area contributed by atoms with Gasteiger partial charge in [0, 0.05) is 62.6 Å². The minimum atomic E-state index is 0.665. The zero-order chi connectivity index (χ0) is 33.0. The van der Waals surface area contributed by atoms with Crippen LogP contribution in [0, 0.1) is 0 Å². The molecule has 234 valence electrons. The third-order valence-corrected chi connectivity index (χ3v) is 11.7. The van der Waals surface area contributed by atoms with Gasteiger partial charge < -0.3 is 0 Å². The summed E-state index contributed by atoms with van der Waals surface area (Å²) in [6.45, 7) is 0. The van der Waals surface area contributed by atoms with Crippen LogP contribution in [0.5, 0.6) is 0 Å². The Bertz CT molecular complexity index is 2800. The van der Waals surface area contributed by atoms with Crippen molar-refractivity contribution in [3.63, 3.8) is 0 Å². The van der Waals surface area contributed by atoms with Crippen LogP contribution in [-0.4, -0.2) is 15.0 Å². The van der Waals surface area contributed by atoms with E-state index in [4.69, 9.17) is 15.0 Å². The summed E-state index contributed by atoms with van der Waals surface area (Å²) < 4.78 is 5.11. The highest BCUT2D eigenvalue weighted by Gasteiger charge is 2.19. The minimum Gasteiger partial charge on any atom is -0.208 e.